The molecule has 1 N–H and O–H groups in total. The van der Waals surface area contributed by atoms with Crippen molar-refractivity contribution in [2.24, 2.45) is 5.92 Å². The number of hydrogen-bond acceptors (Lipinski definition) is 5. The summed E-state index contributed by atoms with van der Waals surface area (Å²) in [5, 5.41) is 17.3. The Morgan fingerprint density at radius 1 is 1.21 bits per heavy atom. The molecule has 1 unspecified atom stereocenters. The number of aromatic nitrogens is 3. The molecule has 2 aromatic heterocycles. The molecule has 1 amide bonds. The van der Waals surface area contributed by atoms with Gasteiger partial charge in [-0.25, -0.2) is 0 Å². The molecule has 1 atom stereocenters. The van der Waals surface area contributed by atoms with Crippen molar-refractivity contribution in [3.63, 3.8) is 0 Å². The molecule has 1 aliphatic carbocycles. The van der Waals surface area contributed by atoms with Gasteiger partial charge in [-0.15, -0.1) is 21.5 Å². The second kappa shape index (κ2) is 9.31. The summed E-state index contributed by atoms with van der Waals surface area (Å²) < 4.78 is 2.18. The molecule has 0 fully saturated rings. The minimum absolute atomic E-state index is 0.0434. The van der Waals surface area contributed by atoms with E-state index in [0.717, 1.165) is 46.2 Å². The highest BCUT2D eigenvalue weighted by Gasteiger charge is 2.25. The fourth-order valence-electron chi connectivity index (χ4n) is 4.54. The summed E-state index contributed by atoms with van der Waals surface area (Å²) in [6, 6.07) is 14.2. The smallest absolute Gasteiger partial charge is 0.234 e. The maximum absolute atomic E-state index is 12.8. The first-order chi connectivity index (χ1) is 16.0. The highest BCUT2D eigenvalue weighted by Crippen LogP contribution is 2.39. The van der Waals surface area contributed by atoms with E-state index in [0.29, 0.717) is 0 Å². The van der Waals surface area contributed by atoms with E-state index in [9.17, 15) is 4.79 Å². The Hall–Kier alpha value is -2.64. The molecule has 2 aromatic carbocycles. The SMILES string of the molecule is CC1CCc2c(-c3nnc(SCC(=O)Nc4cccc5ccccc45)n3C(C)C)csc2C1. The number of anilines is 1. The van der Waals surface area contributed by atoms with Gasteiger partial charge in [0.15, 0.2) is 11.0 Å². The van der Waals surface area contributed by atoms with Crippen LogP contribution >= 0.6 is 23.1 Å². The third kappa shape index (κ3) is 4.44. The average molecular weight is 477 g/mol. The summed E-state index contributed by atoms with van der Waals surface area (Å²) in [5.41, 5.74) is 3.50. The fourth-order valence-corrected chi connectivity index (χ4v) is 6.65. The topological polar surface area (TPSA) is 59.8 Å². The summed E-state index contributed by atoms with van der Waals surface area (Å²) in [6.07, 6.45) is 3.49. The number of thiophene rings is 1. The number of amides is 1. The molecule has 0 radical (unpaired) electrons. The van der Waals surface area contributed by atoms with Crippen LogP contribution in [0.5, 0.6) is 0 Å². The zero-order chi connectivity index (χ0) is 22.9. The van der Waals surface area contributed by atoms with Crippen LogP contribution in [0.1, 0.15) is 43.7 Å². The van der Waals surface area contributed by atoms with Crippen LogP contribution in [0.3, 0.4) is 0 Å². The molecule has 0 saturated heterocycles. The molecule has 2 heterocycles. The van der Waals surface area contributed by atoms with Crippen LogP contribution < -0.4 is 5.32 Å². The Morgan fingerprint density at radius 3 is 2.88 bits per heavy atom. The Labute approximate surface area is 202 Å². The fraction of sp³-hybridized carbons (Fsp3) is 0.346. The number of hydrogen-bond donors (Lipinski definition) is 1. The number of nitrogens with zero attached hydrogens (tertiary/aromatic N) is 3. The van der Waals surface area contributed by atoms with Crippen molar-refractivity contribution in [2.75, 3.05) is 11.1 Å². The van der Waals surface area contributed by atoms with Crippen molar-refractivity contribution < 1.29 is 4.79 Å². The zero-order valence-electron chi connectivity index (χ0n) is 19.2. The number of thioether (sulfide) groups is 1. The van der Waals surface area contributed by atoms with E-state index >= 15 is 0 Å². The van der Waals surface area contributed by atoms with E-state index in [1.165, 1.54) is 34.2 Å². The van der Waals surface area contributed by atoms with Gasteiger partial charge in [0.05, 0.1) is 5.75 Å². The molecule has 5 nitrogen and oxygen atoms in total. The lowest BCUT2D eigenvalue weighted by Gasteiger charge is -2.19. The molecule has 7 heteroatoms. The largest absolute Gasteiger partial charge is 0.325 e. The summed E-state index contributed by atoms with van der Waals surface area (Å²) in [6.45, 7) is 6.62. The van der Waals surface area contributed by atoms with E-state index in [4.69, 9.17) is 0 Å². The van der Waals surface area contributed by atoms with E-state index in [1.54, 1.807) is 0 Å². The van der Waals surface area contributed by atoms with Gasteiger partial charge in [0.1, 0.15) is 0 Å². The minimum atomic E-state index is -0.0434. The Balaban J connectivity index is 1.34. The monoisotopic (exact) mass is 476 g/mol. The first-order valence-corrected chi connectivity index (χ1v) is 13.3. The number of benzene rings is 2. The van der Waals surface area contributed by atoms with Gasteiger partial charge in [-0.05, 0) is 56.0 Å². The van der Waals surface area contributed by atoms with Crippen molar-refractivity contribution in [3.8, 4) is 11.4 Å². The Kier molecular flexibility index (Phi) is 6.25. The predicted molar refractivity (Wildman–Crippen MR) is 138 cm³/mol. The lowest BCUT2D eigenvalue weighted by molar-refractivity contribution is -0.113. The van der Waals surface area contributed by atoms with E-state index in [-0.39, 0.29) is 17.7 Å². The molecule has 1 aliphatic rings. The van der Waals surface area contributed by atoms with Crippen LogP contribution in [-0.4, -0.2) is 26.4 Å². The van der Waals surface area contributed by atoms with Gasteiger partial charge in [0.2, 0.25) is 5.91 Å². The Morgan fingerprint density at radius 2 is 2.03 bits per heavy atom. The Bertz CT molecular complexity index is 1300. The lowest BCUT2D eigenvalue weighted by Crippen LogP contribution is -2.15. The summed E-state index contributed by atoms with van der Waals surface area (Å²) >= 11 is 3.29. The second-order valence-corrected chi connectivity index (χ2v) is 10.9. The van der Waals surface area contributed by atoms with E-state index in [1.807, 2.05) is 41.7 Å². The van der Waals surface area contributed by atoms with Crippen LogP contribution in [-0.2, 0) is 17.6 Å². The molecule has 0 saturated carbocycles. The molecule has 0 bridgehead atoms. The summed E-state index contributed by atoms with van der Waals surface area (Å²) in [4.78, 5) is 14.3. The van der Waals surface area contributed by atoms with E-state index < -0.39 is 0 Å². The number of rotatable bonds is 6. The molecule has 0 spiro atoms. The van der Waals surface area contributed by atoms with Crippen LogP contribution in [0.25, 0.3) is 22.2 Å². The summed E-state index contributed by atoms with van der Waals surface area (Å²) in [5.74, 6) is 1.92. The minimum Gasteiger partial charge on any atom is -0.325 e. The van der Waals surface area contributed by atoms with Crippen molar-refractivity contribution in [1.29, 1.82) is 0 Å². The average Bonchev–Trinajstić information content (AvgIpc) is 3.41. The van der Waals surface area contributed by atoms with Gasteiger partial charge >= 0.3 is 0 Å². The molecule has 0 aliphatic heterocycles. The number of carbonyl (C=O) groups excluding carboxylic acids is 1. The first kappa shape index (κ1) is 22.2. The molecular weight excluding hydrogens is 448 g/mol. The standard InChI is InChI=1S/C26H28N4OS2/c1-16(2)30-25(21-14-32-23-13-17(3)11-12-20(21)23)28-29-26(30)33-15-24(31)27-22-10-6-8-18-7-4-5-9-19(18)22/h4-10,14,16-17H,11-13,15H2,1-3H3,(H,27,31). The van der Waals surface area contributed by atoms with Gasteiger partial charge in [-0.3, -0.25) is 9.36 Å². The second-order valence-electron chi connectivity index (χ2n) is 9.03. The van der Waals surface area contributed by atoms with E-state index in [2.05, 4.69) is 58.4 Å². The summed E-state index contributed by atoms with van der Waals surface area (Å²) in [7, 11) is 0. The molecule has 33 heavy (non-hydrogen) atoms. The first-order valence-electron chi connectivity index (χ1n) is 11.5. The number of carbonyl (C=O) groups is 1. The lowest BCUT2D eigenvalue weighted by atomic mass is 9.88. The quantitative estimate of drug-likeness (QED) is 0.319. The van der Waals surface area contributed by atoms with Crippen LogP contribution in [0.15, 0.2) is 53.0 Å². The normalized spacial score (nSPS) is 15.7. The van der Waals surface area contributed by atoms with Crippen LogP contribution in [0.4, 0.5) is 5.69 Å². The molecule has 170 valence electrons. The highest BCUT2D eigenvalue weighted by atomic mass is 32.2. The zero-order valence-corrected chi connectivity index (χ0v) is 20.8. The number of nitrogens with one attached hydrogen (secondary N) is 1. The third-order valence-corrected chi connectivity index (χ3v) is 8.21. The maximum Gasteiger partial charge on any atom is 0.234 e. The van der Waals surface area contributed by atoms with Crippen molar-refractivity contribution in [3.05, 3.63) is 58.3 Å². The maximum atomic E-state index is 12.8. The van der Waals surface area contributed by atoms with Gasteiger partial charge in [0, 0.05) is 32.9 Å². The van der Waals surface area contributed by atoms with Crippen molar-refractivity contribution >= 4 is 45.5 Å². The van der Waals surface area contributed by atoms with Gasteiger partial charge in [0.25, 0.3) is 0 Å². The highest BCUT2D eigenvalue weighted by molar-refractivity contribution is 7.99. The third-order valence-electron chi connectivity index (χ3n) is 6.22. The van der Waals surface area contributed by atoms with Crippen LogP contribution in [0.2, 0.25) is 0 Å². The van der Waals surface area contributed by atoms with Gasteiger partial charge in [-0.1, -0.05) is 55.1 Å². The van der Waals surface area contributed by atoms with Gasteiger partial charge in [-0.2, -0.15) is 0 Å². The predicted octanol–water partition coefficient (Wildman–Crippen LogP) is 6.60. The van der Waals surface area contributed by atoms with Crippen LogP contribution in [0, 0.1) is 5.92 Å². The van der Waals surface area contributed by atoms with Crippen molar-refractivity contribution in [2.45, 2.75) is 51.2 Å². The van der Waals surface area contributed by atoms with Gasteiger partial charge < -0.3 is 5.32 Å². The molecule has 4 aromatic rings. The number of fused-ring (bicyclic) bond motifs is 2. The molecule has 5 rings (SSSR count). The van der Waals surface area contributed by atoms with Crippen molar-refractivity contribution in [1.82, 2.24) is 14.8 Å². The molecular formula is C26H28N4OS2.